The molecule has 2 aliphatic heterocycles. The quantitative estimate of drug-likeness (QED) is 0.684. The Labute approximate surface area is 171 Å². The molecule has 29 heavy (non-hydrogen) atoms. The number of amides is 1. The topological polar surface area (TPSA) is 49.3 Å². The fourth-order valence-corrected chi connectivity index (χ4v) is 4.88. The van der Waals surface area contributed by atoms with Gasteiger partial charge in [0.2, 0.25) is 5.91 Å². The van der Waals surface area contributed by atoms with Crippen LogP contribution in [-0.4, -0.2) is 45.9 Å². The van der Waals surface area contributed by atoms with Crippen molar-refractivity contribution in [3.8, 4) is 0 Å². The summed E-state index contributed by atoms with van der Waals surface area (Å²) in [5, 5.41) is 1.10. The zero-order valence-electron chi connectivity index (χ0n) is 16.6. The molecule has 5 heteroatoms. The van der Waals surface area contributed by atoms with E-state index in [-0.39, 0.29) is 11.4 Å². The lowest BCUT2D eigenvalue weighted by Gasteiger charge is -2.57. The van der Waals surface area contributed by atoms with Crippen LogP contribution in [0.4, 0.5) is 5.82 Å². The lowest BCUT2D eigenvalue weighted by Crippen LogP contribution is -2.68. The van der Waals surface area contributed by atoms with Crippen LogP contribution in [0.5, 0.6) is 0 Å². The van der Waals surface area contributed by atoms with E-state index in [4.69, 9.17) is 0 Å². The van der Waals surface area contributed by atoms with Gasteiger partial charge < -0.3 is 9.80 Å². The first-order chi connectivity index (χ1) is 14.3. The van der Waals surface area contributed by atoms with Crippen molar-refractivity contribution in [1.82, 2.24) is 14.9 Å². The lowest BCUT2D eigenvalue weighted by molar-refractivity contribution is -0.134. The van der Waals surface area contributed by atoms with E-state index in [9.17, 15) is 4.79 Å². The molecule has 0 radical (unpaired) electrons. The van der Waals surface area contributed by atoms with Gasteiger partial charge in [0.25, 0.3) is 0 Å². The number of hydrogen-bond acceptors (Lipinski definition) is 4. The average molecular weight is 386 g/mol. The molecule has 0 unspecified atom stereocenters. The number of anilines is 1. The van der Waals surface area contributed by atoms with Crippen molar-refractivity contribution < 1.29 is 4.79 Å². The van der Waals surface area contributed by atoms with Gasteiger partial charge in [-0.1, -0.05) is 42.5 Å². The molecule has 1 spiro atoms. The summed E-state index contributed by atoms with van der Waals surface area (Å²) in [6.07, 6.45) is 6.34. The largest absolute Gasteiger partial charge is 0.348 e. The normalized spacial score (nSPS) is 21.4. The van der Waals surface area contributed by atoms with Crippen molar-refractivity contribution in [2.45, 2.75) is 37.6 Å². The fraction of sp³-hybridized carbons (Fsp3) is 0.375. The summed E-state index contributed by atoms with van der Waals surface area (Å²) in [7, 11) is 0. The molecule has 1 atom stereocenters. The molecule has 2 saturated heterocycles. The van der Waals surface area contributed by atoms with Gasteiger partial charge in [-0.05, 0) is 43.4 Å². The highest BCUT2D eigenvalue weighted by atomic mass is 16.2. The van der Waals surface area contributed by atoms with E-state index in [1.54, 1.807) is 6.33 Å². The number of fused-ring (bicyclic) bond motifs is 1. The first-order valence-corrected chi connectivity index (χ1v) is 10.5. The maximum atomic E-state index is 12.9. The second-order valence-corrected chi connectivity index (χ2v) is 8.24. The Morgan fingerprint density at radius 2 is 1.79 bits per heavy atom. The summed E-state index contributed by atoms with van der Waals surface area (Å²) in [6, 6.07) is 18.5. The molecule has 0 aliphatic carbocycles. The molecular weight excluding hydrogens is 360 g/mol. The smallest absolute Gasteiger partial charge is 0.222 e. The molecule has 2 aromatic carbocycles. The standard InChI is InChI=1S/C24H26N4O/c29-22(12-11-19-7-2-1-3-8-19)27-15-6-13-24(17-27)14-16-28(24)23-20-9-4-5-10-21(20)25-18-26-23/h1-5,7-10,18H,6,11-17H2/t24-/m0/s1. The second kappa shape index (κ2) is 7.47. The van der Waals surface area contributed by atoms with Crippen LogP contribution in [0.3, 0.4) is 0 Å². The van der Waals surface area contributed by atoms with E-state index in [1.165, 1.54) is 5.56 Å². The minimum atomic E-state index is 0.0256. The van der Waals surface area contributed by atoms with Gasteiger partial charge in [0.05, 0.1) is 11.1 Å². The third-order valence-corrected chi connectivity index (χ3v) is 6.53. The number of carbonyl (C=O) groups is 1. The Hall–Kier alpha value is -2.95. The molecule has 2 fully saturated rings. The Morgan fingerprint density at radius 3 is 2.62 bits per heavy atom. The van der Waals surface area contributed by atoms with Crippen molar-refractivity contribution in [1.29, 1.82) is 0 Å². The highest BCUT2D eigenvalue weighted by molar-refractivity contribution is 5.90. The summed E-state index contributed by atoms with van der Waals surface area (Å²) in [5.74, 6) is 1.28. The molecule has 0 bridgehead atoms. The van der Waals surface area contributed by atoms with Crippen LogP contribution in [-0.2, 0) is 11.2 Å². The van der Waals surface area contributed by atoms with Crippen molar-refractivity contribution in [2.24, 2.45) is 0 Å². The maximum Gasteiger partial charge on any atom is 0.222 e. The van der Waals surface area contributed by atoms with Crippen LogP contribution < -0.4 is 4.90 Å². The molecule has 1 amide bonds. The Morgan fingerprint density at radius 1 is 0.966 bits per heavy atom. The van der Waals surface area contributed by atoms with Crippen molar-refractivity contribution in [3.63, 3.8) is 0 Å². The Bertz CT molecular complexity index is 1020. The van der Waals surface area contributed by atoms with Gasteiger partial charge in [0.15, 0.2) is 0 Å². The molecule has 3 heterocycles. The van der Waals surface area contributed by atoms with Gasteiger partial charge in [-0.25, -0.2) is 9.97 Å². The zero-order chi connectivity index (χ0) is 19.7. The highest BCUT2D eigenvalue weighted by Crippen LogP contribution is 2.43. The van der Waals surface area contributed by atoms with Crippen LogP contribution in [0, 0.1) is 0 Å². The van der Waals surface area contributed by atoms with E-state index in [0.29, 0.717) is 6.42 Å². The van der Waals surface area contributed by atoms with E-state index >= 15 is 0 Å². The first kappa shape index (κ1) is 18.1. The monoisotopic (exact) mass is 386 g/mol. The maximum absolute atomic E-state index is 12.9. The summed E-state index contributed by atoms with van der Waals surface area (Å²) in [5.41, 5.74) is 2.23. The highest BCUT2D eigenvalue weighted by Gasteiger charge is 2.49. The number of aromatic nitrogens is 2. The van der Waals surface area contributed by atoms with Gasteiger partial charge in [0, 0.05) is 31.4 Å². The SMILES string of the molecule is O=C(CCc1ccccc1)N1CCC[C@]2(CCN2c2ncnc3ccccc23)C1. The number of hydrogen-bond donors (Lipinski definition) is 0. The number of carbonyl (C=O) groups excluding carboxylic acids is 1. The Balaban J connectivity index is 1.32. The van der Waals surface area contributed by atoms with Crippen LogP contribution in [0.15, 0.2) is 60.9 Å². The van der Waals surface area contributed by atoms with Crippen LogP contribution in [0.1, 0.15) is 31.2 Å². The molecule has 0 N–H and O–H groups in total. The van der Waals surface area contributed by atoms with E-state index in [0.717, 1.165) is 62.0 Å². The number of nitrogens with zero attached hydrogens (tertiary/aromatic N) is 4. The van der Waals surface area contributed by atoms with Crippen LogP contribution >= 0.6 is 0 Å². The number of para-hydroxylation sites is 1. The molecule has 3 aromatic rings. The predicted molar refractivity (Wildman–Crippen MR) is 115 cm³/mol. The molecule has 1 aromatic heterocycles. The summed E-state index contributed by atoms with van der Waals surface area (Å²) >= 11 is 0. The van der Waals surface area contributed by atoms with Gasteiger partial charge in [-0.2, -0.15) is 0 Å². The molecule has 148 valence electrons. The van der Waals surface area contributed by atoms with Crippen molar-refractivity contribution >= 4 is 22.6 Å². The lowest BCUT2D eigenvalue weighted by atomic mass is 9.77. The third kappa shape index (κ3) is 3.35. The number of likely N-dealkylation sites (tertiary alicyclic amines) is 1. The minimum Gasteiger partial charge on any atom is -0.348 e. The number of piperidine rings is 1. The summed E-state index contributed by atoms with van der Waals surface area (Å²) in [6.45, 7) is 2.67. The van der Waals surface area contributed by atoms with E-state index in [2.05, 4.69) is 38.0 Å². The van der Waals surface area contributed by atoms with Crippen LogP contribution in [0.25, 0.3) is 10.9 Å². The molecule has 2 aliphatic rings. The summed E-state index contributed by atoms with van der Waals surface area (Å²) < 4.78 is 0. The van der Waals surface area contributed by atoms with Gasteiger partial charge in [0.1, 0.15) is 12.1 Å². The third-order valence-electron chi connectivity index (χ3n) is 6.53. The number of aryl methyl sites for hydroxylation is 1. The molecule has 0 saturated carbocycles. The fourth-order valence-electron chi connectivity index (χ4n) is 4.88. The van der Waals surface area contributed by atoms with Gasteiger partial charge in [-0.3, -0.25) is 4.79 Å². The average Bonchev–Trinajstić information content (AvgIpc) is 2.78. The summed E-state index contributed by atoms with van der Waals surface area (Å²) in [4.78, 5) is 26.5. The molecule has 5 nitrogen and oxygen atoms in total. The molecular formula is C24H26N4O. The van der Waals surface area contributed by atoms with Crippen molar-refractivity contribution in [3.05, 3.63) is 66.5 Å². The molecule has 5 rings (SSSR count). The van der Waals surface area contributed by atoms with Crippen LogP contribution in [0.2, 0.25) is 0 Å². The second-order valence-electron chi connectivity index (χ2n) is 8.24. The minimum absolute atomic E-state index is 0.0256. The first-order valence-electron chi connectivity index (χ1n) is 10.5. The Kier molecular flexibility index (Phi) is 4.66. The number of benzene rings is 2. The van der Waals surface area contributed by atoms with Gasteiger partial charge in [-0.15, -0.1) is 0 Å². The van der Waals surface area contributed by atoms with E-state index < -0.39 is 0 Å². The number of rotatable bonds is 4. The zero-order valence-corrected chi connectivity index (χ0v) is 16.6. The predicted octanol–water partition coefficient (Wildman–Crippen LogP) is 3.83. The van der Waals surface area contributed by atoms with E-state index in [1.807, 2.05) is 36.4 Å². The van der Waals surface area contributed by atoms with Gasteiger partial charge >= 0.3 is 0 Å². The van der Waals surface area contributed by atoms with Crippen molar-refractivity contribution in [2.75, 3.05) is 24.5 Å².